The zero-order valence-electron chi connectivity index (χ0n) is 12.2. The topological polar surface area (TPSA) is 83.5 Å². The van der Waals surface area contributed by atoms with Crippen molar-refractivity contribution in [3.8, 4) is 0 Å². The van der Waals surface area contributed by atoms with Gasteiger partial charge in [0.25, 0.3) is 16.0 Å². The second-order valence-corrected chi connectivity index (χ2v) is 6.49. The molecule has 0 aliphatic heterocycles. The molecule has 5 nitrogen and oxygen atoms in total. The van der Waals surface area contributed by atoms with Crippen LogP contribution in [0, 0.1) is 5.82 Å². The molecule has 0 bridgehead atoms. The van der Waals surface area contributed by atoms with E-state index in [1.165, 1.54) is 6.07 Å². The lowest BCUT2D eigenvalue weighted by atomic mass is 10.0. The SMILES string of the molecule is O=C(Nc1ccc(F)c(S(=O)(=O)O)c1)c1cccc2ccccc12. The van der Waals surface area contributed by atoms with Crippen molar-refractivity contribution in [2.24, 2.45) is 0 Å². The van der Waals surface area contributed by atoms with Crippen LogP contribution < -0.4 is 5.32 Å². The second kappa shape index (κ2) is 6.03. The molecule has 0 spiro atoms. The Morgan fingerprint density at radius 3 is 2.46 bits per heavy atom. The second-order valence-electron chi connectivity index (χ2n) is 5.10. The van der Waals surface area contributed by atoms with Gasteiger partial charge in [0, 0.05) is 11.3 Å². The first-order valence-corrected chi connectivity index (χ1v) is 8.36. The van der Waals surface area contributed by atoms with Crippen molar-refractivity contribution in [2.45, 2.75) is 4.90 Å². The van der Waals surface area contributed by atoms with Crippen LogP contribution in [0.2, 0.25) is 0 Å². The van der Waals surface area contributed by atoms with Crippen LogP contribution in [0.5, 0.6) is 0 Å². The number of nitrogens with one attached hydrogen (secondary N) is 1. The predicted octanol–water partition coefficient (Wildman–Crippen LogP) is 3.48. The molecule has 0 fully saturated rings. The molecule has 0 heterocycles. The van der Waals surface area contributed by atoms with E-state index in [2.05, 4.69) is 5.32 Å². The average molecular weight is 345 g/mol. The van der Waals surface area contributed by atoms with Crippen molar-refractivity contribution in [1.29, 1.82) is 0 Å². The molecule has 0 unspecified atom stereocenters. The minimum absolute atomic E-state index is 0.0574. The lowest BCUT2D eigenvalue weighted by Crippen LogP contribution is -2.13. The molecule has 7 heteroatoms. The summed E-state index contributed by atoms with van der Waals surface area (Å²) < 4.78 is 44.8. The van der Waals surface area contributed by atoms with Gasteiger partial charge < -0.3 is 5.32 Å². The number of hydrogen-bond acceptors (Lipinski definition) is 3. The van der Waals surface area contributed by atoms with Gasteiger partial charge in [0.1, 0.15) is 10.7 Å². The van der Waals surface area contributed by atoms with Crippen molar-refractivity contribution < 1.29 is 22.2 Å². The van der Waals surface area contributed by atoms with Crippen LogP contribution in [0.3, 0.4) is 0 Å². The minimum Gasteiger partial charge on any atom is -0.322 e. The molecule has 0 aliphatic rings. The molecule has 0 aliphatic carbocycles. The van der Waals surface area contributed by atoms with Gasteiger partial charge in [0.15, 0.2) is 0 Å². The summed E-state index contributed by atoms with van der Waals surface area (Å²) >= 11 is 0. The van der Waals surface area contributed by atoms with Gasteiger partial charge in [-0.3, -0.25) is 9.35 Å². The summed E-state index contributed by atoms with van der Waals surface area (Å²) in [4.78, 5) is 11.6. The van der Waals surface area contributed by atoms with Crippen molar-refractivity contribution in [3.63, 3.8) is 0 Å². The summed E-state index contributed by atoms with van der Waals surface area (Å²) in [6, 6.07) is 15.5. The van der Waals surface area contributed by atoms with E-state index in [4.69, 9.17) is 4.55 Å². The van der Waals surface area contributed by atoms with Gasteiger partial charge >= 0.3 is 0 Å². The Labute approximate surface area is 137 Å². The van der Waals surface area contributed by atoms with Crippen LogP contribution in [0.25, 0.3) is 10.8 Å². The molecule has 0 aromatic heterocycles. The minimum atomic E-state index is -4.72. The summed E-state index contributed by atoms with van der Waals surface area (Å²) in [7, 11) is -4.72. The first-order valence-electron chi connectivity index (χ1n) is 6.92. The maximum Gasteiger partial charge on any atom is 0.297 e. The number of carbonyl (C=O) groups is 1. The first kappa shape index (κ1) is 16.1. The lowest BCUT2D eigenvalue weighted by Gasteiger charge is -2.09. The van der Waals surface area contributed by atoms with E-state index in [-0.39, 0.29) is 5.69 Å². The van der Waals surface area contributed by atoms with Gasteiger partial charge in [-0.05, 0) is 35.0 Å². The largest absolute Gasteiger partial charge is 0.322 e. The predicted molar refractivity (Wildman–Crippen MR) is 88.1 cm³/mol. The monoisotopic (exact) mass is 345 g/mol. The van der Waals surface area contributed by atoms with Crippen molar-refractivity contribution >= 4 is 32.5 Å². The van der Waals surface area contributed by atoms with Crippen LogP contribution in [-0.4, -0.2) is 18.9 Å². The zero-order chi connectivity index (χ0) is 17.3. The molecule has 3 rings (SSSR count). The van der Waals surface area contributed by atoms with Crippen molar-refractivity contribution in [3.05, 3.63) is 72.0 Å². The molecule has 0 atom stereocenters. The molecule has 0 saturated heterocycles. The van der Waals surface area contributed by atoms with Crippen LogP contribution >= 0.6 is 0 Å². The number of benzene rings is 3. The summed E-state index contributed by atoms with van der Waals surface area (Å²) in [5.41, 5.74) is 0.452. The molecule has 3 aromatic rings. The standard InChI is InChI=1S/C17H12FNO4S/c18-15-9-8-12(10-16(15)24(21,22)23)19-17(20)14-7-3-5-11-4-1-2-6-13(11)14/h1-10H,(H,19,20)(H,21,22,23). The molecule has 1 amide bonds. The van der Waals surface area contributed by atoms with Gasteiger partial charge in [-0.1, -0.05) is 36.4 Å². The highest BCUT2D eigenvalue weighted by molar-refractivity contribution is 7.85. The van der Waals surface area contributed by atoms with E-state index in [9.17, 15) is 17.6 Å². The highest BCUT2D eigenvalue weighted by Gasteiger charge is 2.18. The van der Waals surface area contributed by atoms with Crippen LogP contribution in [0.1, 0.15) is 10.4 Å². The Kier molecular flexibility index (Phi) is 4.04. The Hall–Kier alpha value is -2.77. The quantitative estimate of drug-likeness (QED) is 0.712. The molecule has 2 N–H and O–H groups in total. The van der Waals surface area contributed by atoms with Gasteiger partial charge in [0.2, 0.25) is 0 Å². The molecular formula is C17H12FNO4S. The Bertz CT molecular complexity index is 1040. The van der Waals surface area contributed by atoms with Gasteiger partial charge in [-0.2, -0.15) is 8.42 Å². The van der Waals surface area contributed by atoms with Gasteiger partial charge in [-0.25, -0.2) is 4.39 Å². The summed E-state index contributed by atoms with van der Waals surface area (Å²) in [6.45, 7) is 0. The van der Waals surface area contributed by atoms with E-state index in [0.29, 0.717) is 5.56 Å². The zero-order valence-corrected chi connectivity index (χ0v) is 13.0. The van der Waals surface area contributed by atoms with E-state index in [0.717, 1.165) is 22.9 Å². The third-order valence-corrected chi connectivity index (χ3v) is 4.37. The number of halogens is 1. The molecular weight excluding hydrogens is 333 g/mol. The third kappa shape index (κ3) is 3.12. The maximum atomic E-state index is 13.5. The lowest BCUT2D eigenvalue weighted by molar-refractivity contribution is 0.102. The van der Waals surface area contributed by atoms with Crippen LogP contribution in [-0.2, 0) is 10.1 Å². The normalized spacial score (nSPS) is 11.4. The molecule has 3 aromatic carbocycles. The van der Waals surface area contributed by atoms with Crippen LogP contribution in [0.15, 0.2) is 65.6 Å². The van der Waals surface area contributed by atoms with E-state index >= 15 is 0 Å². The van der Waals surface area contributed by atoms with E-state index in [1.807, 2.05) is 18.2 Å². The van der Waals surface area contributed by atoms with Gasteiger partial charge in [-0.15, -0.1) is 0 Å². The molecule has 0 radical (unpaired) electrons. The van der Waals surface area contributed by atoms with E-state index in [1.54, 1.807) is 24.3 Å². The fourth-order valence-corrected chi connectivity index (χ4v) is 2.99. The molecule has 122 valence electrons. The number of amides is 1. The molecule has 0 saturated carbocycles. The first-order chi connectivity index (χ1) is 11.4. The van der Waals surface area contributed by atoms with Crippen molar-refractivity contribution in [1.82, 2.24) is 0 Å². The number of carbonyl (C=O) groups excluding carboxylic acids is 1. The van der Waals surface area contributed by atoms with Crippen molar-refractivity contribution in [2.75, 3.05) is 5.32 Å². The fourth-order valence-electron chi connectivity index (χ4n) is 2.40. The Morgan fingerprint density at radius 2 is 1.71 bits per heavy atom. The Balaban J connectivity index is 1.98. The van der Waals surface area contributed by atoms with Crippen LogP contribution in [0.4, 0.5) is 10.1 Å². The fraction of sp³-hybridized carbons (Fsp3) is 0. The summed E-state index contributed by atoms with van der Waals surface area (Å²) in [6.07, 6.45) is 0. The third-order valence-electron chi connectivity index (χ3n) is 3.50. The summed E-state index contributed by atoms with van der Waals surface area (Å²) in [5, 5.41) is 4.12. The number of rotatable bonds is 3. The summed E-state index contributed by atoms with van der Waals surface area (Å²) in [5.74, 6) is -1.57. The highest BCUT2D eigenvalue weighted by Crippen LogP contribution is 2.22. The average Bonchev–Trinajstić information content (AvgIpc) is 2.55. The highest BCUT2D eigenvalue weighted by atomic mass is 32.2. The van der Waals surface area contributed by atoms with Gasteiger partial charge in [0.05, 0.1) is 0 Å². The Morgan fingerprint density at radius 1 is 1.00 bits per heavy atom. The number of fused-ring (bicyclic) bond motifs is 1. The van der Waals surface area contributed by atoms with E-state index < -0.39 is 26.7 Å². The number of anilines is 1. The number of hydrogen-bond donors (Lipinski definition) is 2. The molecule has 24 heavy (non-hydrogen) atoms. The maximum absolute atomic E-state index is 13.5. The smallest absolute Gasteiger partial charge is 0.297 e.